The minimum absolute atomic E-state index is 0.345. The van der Waals surface area contributed by atoms with Gasteiger partial charge in [-0.05, 0) is 25.1 Å². The number of aromatic nitrogens is 2. The number of hydrogen-bond donors (Lipinski definition) is 1. The lowest BCUT2D eigenvalue weighted by Crippen LogP contribution is -2.36. The molecule has 0 aliphatic heterocycles. The molecule has 7 nitrogen and oxygen atoms in total. The smallest absolute Gasteiger partial charge is 0.331 e. The summed E-state index contributed by atoms with van der Waals surface area (Å²) < 4.78 is 7.89. The van der Waals surface area contributed by atoms with E-state index in [0.717, 1.165) is 15.9 Å². The molecule has 1 aromatic carbocycles. The van der Waals surface area contributed by atoms with Crippen molar-refractivity contribution in [3.05, 3.63) is 56.0 Å². The predicted molar refractivity (Wildman–Crippen MR) is 97.9 cm³/mol. The first-order chi connectivity index (χ1) is 11.9. The number of para-hydroxylation sites is 2. The summed E-state index contributed by atoms with van der Waals surface area (Å²) in [6, 6.07) is 8.64. The molecule has 0 aliphatic rings. The SMILES string of the molecule is CCOc1ccccc1NC(=O)c1cc2c(=O)n(C)c(=O)n(C)c2s1. The van der Waals surface area contributed by atoms with E-state index in [2.05, 4.69) is 5.32 Å². The van der Waals surface area contributed by atoms with Crippen molar-refractivity contribution in [2.45, 2.75) is 6.92 Å². The van der Waals surface area contributed by atoms with Crippen LogP contribution in [0.15, 0.2) is 39.9 Å². The summed E-state index contributed by atoms with van der Waals surface area (Å²) in [6.07, 6.45) is 0. The molecule has 2 aromatic heterocycles. The number of carbonyl (C=O) groups is 1. The number of benzene rings is 1. The first-order valence-electron chi connectivity index (χ1n) is 7.66. The van der Waals surface area contributed by atoms with Crippen LogP contribution in [0.5, 0.6) is 5.75 Å². The van der Waals surface area contributed by atoms with Crippen LogP contribution < -0.4 is 21.3 Å². The summed E-state index contributed by atoms with van der Waals surface area (Å²) in [6.45, 7) is 2.34. The molecule has 0 saturated heterocycles. The normalized spacial score (nSPS) is 10.8. The van der Waals surface area contributed by atoms with Crippen LogP contribution in [-0.4, -0.2) is 21.6 Å². The van der Waals surface area contributed by atoms with E-state index in [-0.39, 0.29) is 5.91 Å². The van der Waals surface area contributed by atoms with Gasteiger partial charge >= 0.3 is 5.69 Å². The third-order valence-corrected chi connectivity index (χ3v) is 5.00. The minimum Gasteiger partial charge on any atom is -0.492 e. The van der Waals surface area contributed by atoms with Gasteiger partial charge in [0.2, 0.25) is 0 Å². The molecular weight excluding hydrogens is 342 g/mol. The van der Waals surface area contributed by atoms with Crippen molar-refractivity contribution >= 4 is 33.1 Å². The molecule has 3 rings (SSSR count). The fourth-order valence-corrected chi connectivity index (χ4v) is 3.51. The van der Waals surface area contributed by atoms with E-state index in [1.54, 1.807) is 25.2 Å². The molecule has 8 heteroatoms. The number of hydrogen-bond acceptors (Lipinski definition) is 5. The highest BCUT2D eigenvalue weighted by Gasteiger charge is 2.17. The maximum absolute atomic E-state index is 12.6. The number of thiophene rings is 1. The van der Waals surface area contributed by atoms with Gasteiger partial charge in [-0.1, -0.05) is 12.1 Å². The number of nitrogens with zero attached hydrogens (tertiary/aromatic N) is 2. The van der Waals surface area contributed by atoms with Gasteiger partial charge in [-0.25, -0.2) is 4.79 Å². The molecule has 2 heterocycles. The van der Waals surface area contributed by atoms with Crippen molar-refractivity contribution in [1.29, 1.82) is 0 Å². The van der Waals surface area contributed by atoms with E-state index in [1.165, 1.54) is 17.7 Å². The average Bonchev–Trinajstić information content (AvgIpc) is 3.06. The van der Waals surface area contributed by atoms with Gasteiger partial charge in [0.15, 0.2) is 0 Å². The molecule has 0 radical (unpaired) electrons. The van der Waals surface area contributed by atoms with E-state index in [4.69, 9.17) is 4.74 Å². The Morgan fingerprint density at radius 3 is 2.64 bits per heavy atom. The first-order valence-corrected chi connectivity index (χ1v) is 8.48. The van der Waals surface area contributed by atoms with Crippen LogP contribution in [0.1, 0.15) is 16.6 Å². The number of anilines is 1. The molecule has 3 aromatic rings. The molecule has 0 aliphatic carbocycles. The Labute approximate surface area is 147 Å². The molecular formula is C17H17N3O4S. The number of rotatable bonds is 4. The average molecular weight is 359 g/mol. The van der Waals surface area contributed by atoms with Gasteiger partial charge in [0.25, 0.3) is 11.5 Å². The van der Waals surface area contributed by atoms with Gasteiger partial charge in [-0.2, -0.15) is 0 Å². The van der Waals surface area contributed by atoms with Crippen LogP contribution in [-0.2, 0) is 14.1 Å². The molecule has 1 N–H and O–H groups in total. The largest absolute Gasteiger partial charge is 0.492 e. The summed E-state index contributed by atoms with van der Waals surface area (Å²) in [5.41, 5.74) is -0.287. The molecule has 130 valence electrons. The van der Waals surface area contributed by atoms with E-state index in [0.29, 0.717) is 33.1 Å². The summed E-state index contributed by atoms with van der Waals surface area (Å²) >= 11 is 1.10. The fraction of sp³-hybridized carbons (Fsp3) is 0.235. The van der Waals surface area contributed by atoms with Gasteiger partial charge in [0, 0.05) is 14.1 Å². The van der Waals surface area contributed by atoms with Gasteiger partial charge in [0.05, 0.1) is 22.6 Å². The summed E-state index contributed by atoms with van der Waals surface area (Å²) in [5.74, 6) is 0.214. The monoisotopic (exact) mass is 359 g/mol. The van der Waals surface area contributed by atoms with Crippen molar-refractivity contribution in [2.24, 2.45) is 14.1 Å². The Kier molecular flexibility index (Phi) is 4.45. The third kappa shape index (κ3) is 2.96. The summed E-state index contributed by atoms with van der Waals surface area (Å²) in [7, 11) is 2.99. The van der Waals surface area contributed by atoms with E-state index in [9.17, 15) is 14.4 Å². The second-order valence-corrected chi connectivity index (χ2v) is 6.45. The maximum atomic E-state index is 12.6. The van der Waals surface area contributed by atoms with Crippen LogP contribution in [0.4, 0.5) is 5.69 Å². The second-order valence-electron chi connectivity index (χ2n) is 5.42. The number of amides is 1. The molecule has 0 bridgehead atoms. The number of nitrogens with one attached hydrogen (secondary N) is 1. The predicted octanol–water partition coefficient (Wildman–Crippen LogP) is 1.95. The van der Waals surface area contributed by atoms with Crippen LogP contribution >= 0.6 is 11.3 Å². The zero-order valence-corrected chi connectivity index (χ0v) is 14.8. The topological polar surface area (TPSA) is 82.3 Å². The molecule has 0 unspecified atom stereocenters. The molecule has 0 fully saturated rings. The minimum atomic E-state index is -0.423. The Hall–Kier alpha value is -2.87. The van der Waals surface area contributed by atoms with Crippen LogP contribution in [0, 0.1) is 0 Å². The molecule has 0 saturated carbocycles. The zero-order valence-electron chi connectivity index (χ0n) is 14.0. The molecule has 0 atom stereocenters. The van der Waals surface area contributed by atoms with Crippen molar-refractivity contribution in [3.8, 4) is 5.75 Å². The number of aryl methyl sites for hydroxylation is 1. The Morgan fingerprint density at radius 2 is 1.92 bits per heavy atom. The highest BCUT2D eigenvalue weighted by Crippen LogP contribution is 2.27. The highest BCUT2D eigenvalue weighted by molar-refractivity contribution is 7.20. The number of carbonyl (C=O) groups excluding carboxylic acids is 1. The van der Waals surface area contributed by atoms with Crippen molar-refractivity contribution in [1.82, 2.24) is 9.13 Å². The fourth-order valence-electron chi connectivity index (χ4n) is 2.51. The lowest BCUT2D eigenvalue weighted by molar-refractivity contribution is 0.103. The van der Waals surface area contributed by atoms with E-state index >= 15 is 0 Å². The van der Waals surface area contributed by atoms with Crippen LogP contribution in [0.25, 0.3) is 10.2 Å². The Balaban J connectivity index is 2.02. The summed E-state index contributed by atoms with van der Waals surface area (Å²) in [5, 5.41) is 3.14. The highest BCUT2D eigenvalue weighted by atomic mass is 32.1. The summed E-state index contributed by atoms with van der Waals surface area (Å²) in [4.78, 5) is 37.6. The number of fused-ring (bicyclic) bond motifs is 1. The molecule has 1 amide bonds. The quantitative estimate of drug-likeness (QED) is 0.772. The lowest BCUT2D eigenvalue weighted by Gasteiger charge is -2.10. The second kappa shape index (κ2) is 6.56. The van der Waals surface area contributed by atoms with Crippen molar-refractivity contribution < 1.29 is 9.53 Å². The van der Waals surface area contributed by atoms with Gasteiger partial charge in [-0.3, -0.25) is 18.7 Å². The molecule has 0 spiro atoms. The number of ether oxygens (including phenoxy) is 1. The third-order valence-electron chi connectivity index (χ3n) is 3.78. The van der Waals surface area contributed by atoms with Crippen LogP contribution in [0.2, 0.25) is 0 Å². The van der Waals surface area contributed by atoms with Gasteiger partial charge in [0.1, 0.15) is 10.6 Å². The standard InChI is InChI=1S/C17H17N3O4S/c1-4-24-12-8-6-5-7-11(12)18-14(21)13-9-10-15(22)19(2)17(23)20(3)16(10)25-13/h5-9H,4H2,1-3H3,(H,18,21). The van der Waals surface area contributed by atoms with Gasteiger partial charge in [-0.15, -0.1) is 11.3 Å². The lowest BCUT2D eigenvalue weighted by atomic mass is 10.2. The maximum Gasteiger partial charge on any atom is 0.331 e. The first kappa shape index (κ1) is 17.0. The van der Waals surface area contributed by atoms with Gasteiger partial charge < -0.3 is 10.1 Å². The Morgan fingerprint density at radius 1 is 1.20 bits per heavy atom. The van der Waals surface area contributed by atoms with Crippen molar-refractivity contribution in [3.63, 3.8) is 0 Å². The Bertz CT molecular complexity index is 1080. The van der Waals surface area contributed by atoms with E-state index in [1.807, 2.05) is 13.0 Å². The zero-order chi connectivity index (χ0) is 18.1. The molecule has 25 heavy (non-hydrogen) atoms. The van der Waals surface area contributed by atoms with Crippen molar-refractivity contribution in [2.75, 3.05) is 11.9 Å². The van der Waals surface area contributed by atoms with E-state index < -0.39 is 11.2 Å². The van der Waals surface area contributed by atoms with Crippen LogP contribution in [0.3, 0.4) is 0 Å².